The van der Waals surface area contributed by atoms with Crippen LogP contribution in [0.25, 0.3) is 0 Å². The molecular weight excluding hydrogens is 359 g/mol. The van der Waals surface area contributed by atoms with E-state index in [2.05, 4.69) is 20.2 Å². The topological polar surface area (TPSA) is 64.0 Å². The first kappa shape index (κ1) is 17.9. The molecule has 1 fully saturated rings. The molecule has 1 aliphatic heterocycles. The summed E-state index contributed by atoms with van der Waals surface area (Å²) in [5.74, 6) is 1.21. The number of nitrogens with zero attached hydrogens (tertiary/aromatic N) is 5. The molecule has 27 heavy (non-hydrogen) atoms. The monoisotopic (exact) mass is 379 g/mol. The van der Waals surface area contributed by atoms with Crippen LogP contribution in [0, 0.1) is 5.92 Å². The maximum Gasteiger partial charge on any atom is 0.433 e. The summed E-state index contributed by atoms with van der Waals surface area (Å²) in [5.41, 5.74) is 1.38. The molecule has 4 rings (SSSR count). The van der Waals surface area contributed by atoms with Gasteiger partial charge in [-0.05, 0) is 43.6 Å². The lowest BCUT2D eigenvalue weighted by atomic mass is 9.98. The van der Waals surface area contributed by atoms with Crippen LogP contribution in [0.3, 0.4) is 0 Å². The normalized spacial score (nSPS) is 17.8. The van der Waals surface area contributed by atoms with Gasteiger partial charge >= 0.3 is 6.18 Å². The van der Waals surface area contributed by atoms with Crippen LogP contribution >= 0.6 is 0 Å². The van der Waals surface area contributed by atoms with E-state index in [1.807, 2.05) is 11.0 Å². The van der Waals surface area contributed by atoms with Crippen LogP contribution < -0.4 is 9.64 Å². The molecule has 144 valence electrons. The molecular formula is C18H20F3N5O. The molecule has 1 saturated heterocycles. The van der Waals surface area contributed by atoms with Crippen molar-refractivity contribution in [3.63, 3.8) is 0 Å². The number of alkyl halides is 3. The smallest absolute Gasteiger partial charge is 0.433 e. The van der Waals surface area contributed by atoms with E-state index >= 15 is 0 Å². The van der Waals surface area contributed by atoms with E-state index in [-0.39, 0.29) is 0 Å². The fraction of sp³-hybridized carbons (Fsp3) is 0.556. The number of fused-ring (bicyclic) bond motifs is 1. The van der Waals surface area contributed by atoms with Crippen LogP contribution in [0.5, 0.6) is 5.88 Å². The molecule has 0 N–H and O–H groups in total. The standard InChI is InChI=1S/C18H20F3N5O/c19-18(20,21)15-9-16(23-11-22-15)26-6-4-12(5-7-26)10-27-17-8-13-2-1-3-14(13)24-25-17/h8-9,11-12H,1-7,10H2. The Labute approximate surface area is 154 Å². The Kier molecular flexibility index (Phi) is 4.84. The van der Waals surface area contributed by atoms with Crippen LogP contribution in [-0.4, -0.2) is 39.9 Å². The van der Waals surface area contributed by atoms with Gasteiger partial charge in [0.05, 0.1) is 12.3 Å². The second-order valence-corrected chi connectivity index (χ2v) is 7.01. The third kappa shape index (κ3) is 4.12. The van der Waals surface area contributed by atoms with E-state index in [0.717, 1.165) is 50.2 Å². The molecule has 0 atom stereocenters. The zero-order valence-electron chi connectivity index (χ0n) is 14.7. The Morgan fingerprint density at radius 3 is 2.67 bits per heavy atom. The maximum atomic E-state index is 12.8. The highest BCUT2D eigenvalue weighted by Crippen LogP contribution is 2.30. The molecule has 1 aliphatic carbocycles. The highest BCUT2D eigenvalue weighted by Gasteiger charge is 2.33. The summed E-state index contributed by atoms with van der Waals surface area (Å²) < 4.78 is 44.2. The van der Waals surface area contributed by atoms with Gasteiger partial charge in [-0.25, -0.2) is 9.97 Å². The van der Waals surface area contributed by atoms with E-state index in [1.165, 1.54) is 5.56 Å². The number of halogens is 3. The number of aryl methyl sites for hydroxylation is 2. The molecule has 0 radical (unpaired) electrons. The summed E-state index contributed by atoms with van der Waals surface area (Å²) in [7, 11) is 0. The van der Waals surface area contributed by atoms with Gasteiger partial charge in [0, 0.05) is 25.2 Å². The van der Waals surface area contributed by atoms with Gasteiger partial charge < -0.3 is 9.64 Å². The van der Waals surface area contributed by atoms with Crippen molar-refractivity contribution in [1.82, 2.24) is 20.2 Å². The fourth-order valence-corrected chi connectivity index (χ4v) is 3.59. The van der Waals surface area contributed by atoms with Gasteiger partial charge in [0.1, 0.15) is 17.8 Å². The molecule has 2 aromatic heterocycles. The van der Waals surface area contributed by atoms with E-state index < -0.39 is 11.9 Å². The van der Waals surface area contributed by atoms with Gasteiger partial charge in [-0.15, -0.1) is 5.10 Å². The van der Waals surface area contributed by atoms with Crippen LogP contribution in [0.1, 0.15) is 36.2 Å². The Hall–Kier alpha value is -2.45. The molecule has 0 amide bonds. The number of hydrogen-bond donors (Lipinski definition) is 0. The zero-order chi connectivity index (χ0) is 18.9. The van der Waals surface area contributed by atoms with Gasteiger partial charge in [-0.2, -0.15) is 18.3 Å². The Bertz CT molecular complexity index is 806. The van der Waals surface area contributed by atoms with Crippen molar-refractivity contribution < 1.29 is 17.9 Å². The number of ether oxygens (including phenoxy) is 1. The van der Waals surface area contributed by atoms with Gasteiger partial charge in [0.2, 0.25) is 5.88 Å². The lowest BCUT2D eigenvalue weighted by Gasteiger charge is -2.32. The highest BCUT2D eigenvalue weighted by molar-refractivity contribution is 5.40. The number of aromatic nitrogens is 4. The number of rotatable bonds is 4. The second kappa shape index (κ2) is 7.28. The molecule has 0 aromatic carbocycles. The Morgan fingerprint density at radius 1 is 1.07 bits per heavy atom. The number of hydrogen-bond acceptors (Lipinski definition) is 6. The van der Waals surface area contributed by atoms with Crippen LogP contribution in [0.15, 0.2) is 18.5 Å². The molecule has 2 aliphatic rings. The van der Waals surface area contributed by atoms with Crippen LogP contribution in [0.2, 0.25) is 0 Å². The van der Waals surface area contributed by atoms with E-state index in [1.54, 1.807) is 0 Å². The summed E-state index contributed by atoms with van der Waals surface area (Å²) >= 11 is 0. The van der Waals surface area contributed by atoms with Gasteiger partial charge in [0.25, 0.3) is 0 Å². The van der Waals surface area contributed by atoms with Crippen molar-refractivity contribution in [2.75, 3.05) is 24.6 Å². The molecule has 9 heteroatoms. The van der Waals surface area contributed by atoms with Crippen molar-refractivity contribution in [3.05, 3.63) is 35.4 Å². The molecule has 0 unspecified atom stereocenters. The molecule has 3 heterocycles. The van der Waals surface area contributed by atoms with Crippen molar-refractivity contribution in [2.24, 2.45) is 5.92 Å². The lowest BCUT2D eigenvalue weighted by molar-refractivity contribution is -0.141. The Balaban J connectivity index is 1.30. The first-order chi connectivity index (χ1) is 13.0. The van der Waals surface area contributed by atoms with E-state index in [4.69, 9.17) is 4.74 Å². The summed E-state index contributed by atoms with van der Waals surface area (Å²) in [6, 6.07) is 2.99. The summed E-state index contributed by atoms with van der Waals surface area (Å²) in [5, 5.41) is 8.34. The summed E-state index contributed by atoms with van der Waals surface area (Å²) in [6.45, 7) is 1.81. The average molecular weight is 379 g/mol. The number of piperidine rings is 1. The van der Waals surface area contributed by atoms with Crippen molar-refractivity contribution in [1.29, 1.82) is 0 Å². The van der Waals surface area contributed by atoms with Crippen molar-refractivity contribution in [3.8, 4) is 5.88 Å². The van der Waals surface area contributed by atoms with Crippen molar-refractivity contribution >= 4 is 5.82 Å². The van der Waals surface area contributed by atoms with E-state index in [0.29, 0.717) is 37.3 Å². The van der Waals surface area contributed by atoms with Gasteiger partial charge in [-0.1, -0.05) is 0 Å². The molecule has 0 spiro atoms. The predicted molar refractivity (Wildman–Crippen MR) is 91.5 cm³/mol. The van der Waals surface area contributed by atoms with E-state index in [9.17, 15) is 13.2 Å². The van der Waals surface area contributed by atoms with Crippen molar-refractivity contribution in [2.45, 2.75) is 38.3 Å². The average Bonchev–Trinajstić information content (AvgIpc) is 3.14. The molecule has 0 bridgehead atoms. The maximum absolute atomic E-state index is 12.8. The number of anilines is 1. The quantitative estimate of drug-likeness (QED) is 0.814. The summed E-state index contributed by atoms with van der Waals surface area (Å²) in [4.78, 5) is 9.17. The molecule has 6 nitrogen and oxygen atoms in total. The molecule has 0 saturated carbocycles. The predicted octanol–water partition coefficient (Wildman–Crippen LogP) is 3.07. The van der Waals surface area contributed by atoms with Gasteiger partial charge in [-0.3, -0.25) is 0 Å². The summed E-state index contributed by atoms with van der Waals surface area (Å²) in [6.07, 6.45) is 1.29. The largest absolute Gasteiger partial charge is 0.476 e. The third-order valence-corrected chi connectivity index (χ3v) is 5.15. The minimum Gasteiger partial charge on any atom is -0.476 e. The zero-order valence-corrected chi connectivity index (χ0v) is 14.7. The third-order valence-electron chi connectivity index (χ3n) is 5.15. The molecule has 2 aromatic rings. The van der Waals surface area contributed by atoms with Gasteiger partial charge in [0.15, 0.2) is 0 Å². The fourth-order valence-electron chi connectivity index (χ4n) is 3.59. The minimum atomic E-state index is -4.46. The lowest BCUT2D eigenvalue weighted by Crippen LogP contribution is -2.36. The first-order valence-electron chi connectivity index (χ1n) is 9.11. The first-order valence-corrected chi connectivity index (χ1v) is 9.11. The minimum absolute atomic E-state index is 0.321. The second-order valence-electron chi connectivity index (χ2n) is 7.01. The highest BCUT2D eigenvalue weighted by atomic mass is 19.4. The van der Waals surface area contributed by atoms with Crippen LogP contribution in [0.4, 0.5) is 19.0 Å². The SMILES string of the molecule is FC(F)(F)c1cc(N2CCC(COc3cc4c(nn3)CCC4)CC2)ncn1. The van der Waals surface area contributed by atoms with Crippen LogP contribution in [-0.2, 0) is 19.0 Å². The Morgan fingerprint density at radius 2 is 1.89 bits per heavy atom.